The van der Waals surface area contributed by atoms with Gasteiger partial charge in [-0.3, -0.25) is 4.79 Å². The van der Waals surface area contributed by atoms with E-state index in [1.54, 1.807) is 12.1 Å². The van der Waals surface area contributed by atoms with Gasteiger partial charge in [0.25, 0.3) is 5.91 Å². The first-order valence-corrected chi connectivity index (χ1v) is 6.38. The zero-order valence-corrected chi connectivity index (χ0v) is 11.7. The molecule has 18 heavy (non-hydrogen) atoms. The minimum absolute atomic E-state index is 0. The van der Waals surface area contributed by atoms with Crippen molar-refractivity contribution in [2.24, 2.45) is 5.92 Å². The molecule has 0 aliphatic carbocycles. The second-order valence-electron chi connectivity index (χ2n) is 4.40. The predicted octanol–water partition coefficient (Wildman–Crippen LogP) is 2.49. The monoisotopic (exact) mass is 288 g/mol. The highest BCUT2D eigenvalue weighted by Crippen LogP contribution is 2.15. The lowest BCUT2D eigenvalue weighted by Gasteiger charge is -2.22. The van der Waals surface area contributed by atoms with Crippen LogP contribution in [0.4, 0.5) is 0 Å². The zero-order valence-electron chi connectivity index (χ0n) is 10.1. The van der Waals surface area contributed by atoms with Gasteiger partial charge in [-0.2, -0.15) is 0 Å². The van der Waals surface area contributed by atoms with Crippen LogP contribution < -0.4 is 10.6 Å². The van der Waals surface area contributed by atoms with Gasteiger partial charge >= 0.3 is 0 Å². The smallest absolute Gasteiger partial charge is 0.252 e. The van der Waals surface area contributed by atoms with Crippen LogP contribution in [0.15, 0.2) is 24.3 Å². The summed E-state index contributed by atoms with van der Waals surface area (Å²) in [6.07, 6.45) is 2.36. The van der Waals surface area contributed by atoms with Gasteiger partial charge in [0.15, 0.2) is 0 Å². The SMILES string of the molecule is Cl.O=C(NCC1CCCNC1)c1ccccc1Cl. The molecule has 3 nitrogen and oxygen atoms in total. The van der Waals surface area contributed by atoms with Crippen LogP contribution in [0.3, 0.4) is 0 Å². The first kappa shape index (κ1) is 15.3. The zero-order chi connectivity index (χ0) is 12.1. The molecule has 0 bridgehead atoms. The molecular formula is C13H18Cl2N2O. The number of rotatable bonds is 3. The van der Waals surface area contributed by atoms with Crippen molar-refractivity contribution in [1.29, 1.82) is 0 Å². The van der Waals surface area contributed by atoms with Gasteiger partial charge in [-0.1, -0.05) is 23.7 Å². The van der Waals surface area contributed by atoms with E-state index in [1.165, 1.54) is 12.8 Å². The van der Waals surface area contributed by atoms with Crippen LogP contribution in [0.5, 0.6) is 0 Å². The summed E-state index contributed by atoms with van der Waals surface area (Å²) in [6, 6.07) is 7.13. The quantitative estimate of drug-likeness (QED) is 0.897. The molecule has 1 unspecified atom stereocenters. The Morgan fingerprint density at radius 1 is 1.44 bits per heavy atom. The van der Waals surface area contributed by atoms with E-state index in [0.717, 1.165) is 19.6 Å². The minimum Gasteiger partial charge on any atom is -0.352 e. The summed E-state index contributed by atoms with van der Waals surface area (Å²) in [7, 11) is 0. The van der Waals surface area contributed by atoms with Crippen LogP contribution in [0.1, 0.15) is 23.2 Å². The van der Waals surface area contributed by atoms with E-state index in [4.69, 9.17) is 11.6 Å². The predicted molar refractivity (Wildman–Crippen MR) is 76.6 cm³/mol. The van der Waals surface area contributed by atoms with Crippen molar-refractivity contribution in [2.75, 3.05) is 19.6 Å². The van der Waals surface area contributed by atoms with Crippen molar-refractivity contribution in [3.8, 4) is 0 Å². The second kappa shape index (κ2) is 7.62. The highest BCUT2D eigenvalue weighted by atomic mass is 35.5. The molecule has 0 spiro atoms. The summed E-state index contributed by atoms with van der Waals surface area (Å²) in [4.78, 5) is 11.9. The Morgan fingerprint density at radius 3 is 2.89 bits per heavy atom. The molecule has 1 atom stereocenters. The molecule has 2 rings (SSSR count). The molecule has 1 aromatic rings. The van der Waals surface area contributed by atoms with Gasteiger partial charge in [0.05, 0.1) is 10.6 Å². The molecule has 5 heteroatoms. The van der Waals surface area contributed by atoms with Crippen LogP contribution in [0, 0.1) is 5.92 Å². The maximum Gasteiger partial charge on any atom is 0.252 e. The van der Waals surface area contributed by atoms with Crippen LogP contribution in [0.2, 0.25) is 5.02 Å². The standard InChI is InChI=1S/C13H17ClN2O.ClH/c14-12-6-2-1-5-11(12)13(17)16-9-10-4-3-7-15-8-10;/h1-2,5-6,10,15H,3-4,7-9H2,(H,16,17);1H. The third kappa shape index (κ3) is 4.16. The lowest BCUT2D eigenvalue weighted by molar-refractivity contribution is 0.0945. The van der Waals surface area contributed by atoms with Gasteiger partial charge < -0.3 is 10.6 Å². The number of carbonyl (C=O) groups excluding carboxylic acids is 1. The van der Waals surface area contributed by atoms with Crippen LogP contribution in [-0.2, 0) is 0 Å². The van der Waals surface area contributed by atoms with Gasteiger partial charge in [-0.05, 0) is 44.0 Å². The second-order valence-corrected chi connectivity index (χ2v) is 4.81. The molecule has 2 N–H and O–H groups in total. The molecule has 0 aromatic heterocycles. The number of nitrogens with one attached hydrogen (secondary N) is 2. The van der Waals surface area contributed by atoms with E-state index >= 15 is 0 Å². The first-order valence-electron chi connectivity index (χ1n) is 6.01. The fourth-order valence-electron chi connectivity index (χ4n) is 2.08. The lowest BCUT2D eigenvalue weighted by Crippen LogP contribution is -2.38. The summed E-state index contributed by atoms with van der Waals surface area (Å²) >= 11 is 5.97. The van der Waals surface area contributed by atoms with Crippen molar-refractivity contribution in [3.63, 3.8) is 0 Å². The van der Waals surface area contributed by atoms with Crippen LogP contribution in [-0.4, -0.2) is 25.5 Å². The fraction of sp³-hybridized carbons (Fsp3) is 0.462. The van der Waals surface area contributed by atoms with Crippen molar-refractivity contribution in [3.05, 3.63) is 34.9 Å². The van der Waals surface area contributed by atoms with Crippen molar-refractivity contribution in [1.82, 2.24) is 10.6 Å². The highest BCUT2D eigenvalue weighted by molar-refractivity contribution is 6.33. The highest BCUT2D eigenvalue weighted by Gasteiger charge is 2.15. The lowest BCUT2D eigenvalue weighted by atomic mass is 10.00. The molecule has 0 saturated carbocycles. The molecule has 1 amide bonds. The van der Waals surface area contributed by atoms with Crippen molar-refractivity contribution >= 4 is 29.9 Å². The maximum atomic E-state index is 11.9. The molecule has 1 fully saturated rings. The van der Waals surface area contributed by atoms with Crippen LogP contribution >= 0.6 is 24.0 Å². The summed E-state index contributed by atoms with van der Waals surface area (Å²) in [5, 5.41) is 6.78. The molecule has 0 radical (unpaired) electrons. The van der Waals surface area contributed by atoms with E-state index < -0.39 is 0 Å². The van der Waals surface area contributed by atoms with E-state index in [0.29, 0.717) is 16.5 Å². The number of benzene rings is 1. The fourth-order valence-corrected chi connectivity index (χ4v) is 2.30. The first-order chi connectivity index (χ1) is 8.27. The topological polar surface area (TPSA) is 41.1 Å². The van der Waals surface area contributed by atoms with E-state index in [9.17, 15) is 4.79 Å². The van der Waals surface area contributed by atoms with Crippen molar-refractivity contribution < 1.29 is 4.79 Å². The third-order valence-corrected chi connectivity index (χ3v) is 3.40. The number of hydrogen-bond donors (Lipinski definition) is 2. The summed E-state index contributed by atoms with van der Waals surface area (Å²) in [5.41, 5.74) is 0.554. The van der Waals surface area contributed by atoms with Gasteiger partial charge in [-0.25, -0.2) is 0 Å². The molecule has 1 aromatic carbocycles. The number of hydrogen-bond acceptors (Lipinski definition) is 2. The Morgan fingerprint density at radius 2 is 2.22 bits per heavy atom. The van der Waals surface area contributed by atoms with E-state index in [1.807, 2.05) is 12.1 Å². The average Bonchev–Trinajstić information content (AvgIpc) is 2.38. The summed E-state index contributed by atoms with van der Waals surface area (Å²) in [5.74, 6) is 0.455. The number of carbonyl (C=O) groups is 1. The number of amides is 1. The molecule has 100 valence electrons. The van der Waals surface area contributed by atoms with Crippen molar-refractivity contribution in [2.45, 2.75) is 12.8 Å². The number of halogens is 2. The Hall–Kier alpha value is -0.770. The Bertz CT molecular complexity index is 392. The van der Waals surface area contributed by atoms with Gasteiger partial charge in [0.1, 0.15) is 0 Å². The molecular weight excluding hydrogens is 271 g/mol. The van der Waals surface area contributed by atoms with Gasteiger partial charge in [0.2, 0.25) is 0 Å². The van der Waals surface area contributed by atoms with E-state index in [2.05, 4.69) is 10.6 Å². The molecule has 1 aliphatic rings. The summed E-state index contributed by atoms with van der Waals surface area (Å²) < 4.78 is 0. The summed E-state index contributed by atoms with van der Waals surface area (Å²) in [6.45, 7) is 2.80. The number of piperidine rings is 1. The largest absolute Gasteiger partial charge is 0.352 e. The van der Waals surface area contributed by atoms with Crippen LogP contribution in [0.25, 0.3) is 0 Å². The van der Waals surface area contributed by atoms with Gasteiger partial charge in [-0.15, -0.1) is 12.4 Å². The Labute approximate surface area is 119 Å². The molecule has 1 heterocycles. The minimum atomic E-state index is -0.0822. The Kier molecular flexibility index (Phi) is 6.47. The molecule has 1 saturated heterocycles. The average molecular weight is 289 g/mol. The van der Waals surface area contributed by atoms with E-state index in [-0.39, 0.29) is 18.3 Å². The third-order valence-electron chi connectivity index (χ3n) is 3.07. The normalized spacial score (nSPS) is 18.8. The molecule has 1 aliphatic heterocycles. The maximum absolute atomic E-state index is 11.9. The Balaban J connectivity index is 0.00000162. The van der Waals surface area contributed by atoms with Gasteiger partial charge in [0, 0.05) is 6.54 Å².